The molecule has 2 rings (SSSR count). The number of carbonyl (C=O) groups is 1. The van der Waals surface area contributed by atoms with Crippen LogP contribution in [0.15, 0.2) is 12.3 Å². The molecule has 0 bridgehead atoms. The quantitative estimate of drug-likeness (QED) is 0.767. The molecule has 1 aromatic heterocycles. The average molecular weight is 345 g/mol. The van der Waals surface area contributed by atoms with Crippen LogP contribution < -0.4 is 0 Å². The molecular formula is C16H22ClFN2O3. The standard InChI is InChI=1S/C16H22ClFN2O3/c1-15(2,3)23-14(21)20-7-5-16(22-4,6-8-20)11-9-12(18)13(17)19-10-11/h9-10H,5-8H2,1-4H3. The first-order chi connectivity index (χ1) is 10.7. The van der Waals surface area contributed by atoms with Gasteiger partial charge in [-0.05, 0) is 39.7 Å². The van der Waals surface area contributed by atoms with Crippen LogP contribution in [0.1, 0.15) is 39.2 Å². The van der Waals surface area contributed by atoms with Gasteiger partial charge in [-0.3, -0.25) is 0 Å². The number of piperidine rings is 1. The van der Waals surface area contributed by atoms with Crippen molar-refractivity contribution in [3.05, 3.63) is 28.8 Å². The molecule has 1 aliphatic heterocycles. The van der Waals surface area contributed by atoms with Crippen molar-refractivity contribution in [2.75, 3.05) is 20.2 Å². The minimum absolute atomic E-state index is 0.161. The maximum absolute atomic E-state index is 13.7. The van der Waals surface area contributed by atoms with E-state index in [1.165, 1.54) is 12.3 Å². The van der Waals surface area contributed by atoms with E-state index in [9.17, 15) is 9.18 Å². The van der Waals surface area contributed by atoms with Crippen molar-refractivity contribution in [3.63, 3.8) is 0 Å². The number of hydrogen-bond acceptors (Lipinski definition) is 4. The highest BCUT2D eigenvalue weighted by atomic mass is 35.5. The van der Waals surface area contributed by atoms with Gasteiger partial charge < -0.3 is 14.4 Å². The fraction of sp³-hybridized carbons (Fsp3) is 0.625. The van der Waals surface area contributed by atoms with Crippen LogP contribution in [0.25, 0.3) is 0 Å². The Morgan fingerprint density at radius 2 is 2.00 bits per heavy atom. The molecular weight excluding hydrogens is 323 g/mol. The van der Waals surface area contributed by atoms with Crippen LogP contribution in [0, 0.1) is 5.82 Å². The Labute approximate surface area is 140 Å². The number of ether oxygens (including phenoxy) is 2. The summed E-state index contributed by atoms with van der Waals surface area (Å²) in [6.45, 7) is 6.42. The van der Waals surface area contributed by atoms with E-state index in [1.54, 1.807) is 12.0 Å². The first-order valence-electron chi connectivity index (χ1n) is 7.51. The zero-order valence-electron chi connectivity index (χ0n) is 13.9. The summed E-state index contributed by atoms with van der Waals surface area (Å²) in [6.07, 6.45) is 2.25. The monoisotopic (exact) mass is 344 g/mol. The smallest absolute Gasteiger partial charge is 0.410 e. The lowest BCUT2D eigenvalue weighted by molar-refractivity contribution is -0.0654. The Morgan fingerprint density at radius 3 is 2.48 bits per heavy atom. The minimum Gasteiger partial charge on any atom is -0.444 e. The van der Waals surface area contributed by atoms with Crippen LogP contribution in [0.2, 0.25) is 5.15 Å². The number of likely N-dealkylation sites (tertiary alicyclic amines) is 1. The Kier molecular flexibility index (Phi) is 5.16. The molecule has 0 radical (unpaired) electrons. The predicted molar refractivity (Wildman–Crippen MR) is 84.9 cm³/mol. The molecule has 0 N–H and O–H groups in total. The molecule has 0 spiro atoms. The van der Waals surface area contributed by atoms with E-state index >= 15 is 0 Å². The Morgan fingerprint density at radius 1 is 1.39 bits per heavy atom. The zero-order chi connectivity index (χ0) is 17.3. The van der Waals surface area contributed by atoms with Gasteiger partial charge in [0.1, 0.15) is 5.60 Å². The van der Waals surface area contributed by atoms with Crippen molar-refractivity contribution < 1.29 is 18.7 Å². The van der Waals surface area contributed by atoms with Gasteiger partial charge in [0.05, 0.1) is 5.60 Å². The van der Waals surface area contributed by atoms with Crippen LogP contribution in [0.5, 0.6) is 0 Å². The van der Waals surface area contributed by atoms with Gasteiger partial charge in [0.2, 0.25) is 0 Å². The van der Waals surface area contributed by atoms with E-state index in [2.05, 4.69) is 4.98 Å². The minimum atomic E-state index is -0.670. The van der Waals surface area contributed by atoms with Gasteiger partial charge >= 0.3 is 6.09 Å². The third kappa shape index (κ3) is 4.12. The number of methoxy groups -OCH3 is 1. The number of rotatable bonds is 2. The molecule has 0 unspecified atom stereocenters. The molecule has 0 atom stereocenters. The maximum atomic E-state index is 13.7. The van der Waals surface area contributed by atoms with Gasteiger partial charge in [0.25, 0.3) is 0 Å². The van der Waals surface area contributed by atoms with Crippen LogP contribution in [0.4, 0.5) is 9.18 Å². The molecule has 0 aromatic carbocycles. The Hall–Kier alpha value is -1.40. The molecule has 1 aliphatic rings. The van der Waals surface area contributed by atoms with Gasteiger partial charge in [0.15, 0.2) is 11.0 Å². The van der Waals surface area contributed by atoms with E-state index in [-0.39, 0.29) is 11.2 Å². The molecule has 128 valence electrons. The number of aromatic nitrogens is 1. The largest absolute Gasteiger partial charge is 0.444 e. The van der Waals surface area contributed by atoms with Crippen LogP contribution in [-0.4, -0.2) is 41.8 Å². The predicted octanol–water partition coefficient (Wildman–Crippen LogP) is 3.75. The molecule has 5 nitrogen and oxygen atoms in total. The summed E-state index contributed by atoms with van der Waals surface area (Å²) in [5.41, 5.74) is -0.571. The normalized spacial score (nSPS) is 17.9. The van der Waals surface area contributed by atoms with Gasteiger partial charge in [-0.1, -0.05) is 11.6 Å². The lowest BCUT2D eigenvalue weighted by Crippen LogP contribution is -2.47. The first kappa shape index (κ1) is 17.9. The van der Waals surface area contributed by atoms with Crippen molar-refractivity contribution in [1.82, 2.24) is 9.88 Å². The SMILES string of the molecule is COC1(c2cnc(Cl)c(F)c2)CCN(C(=O)OC(C)(C)C)CC1. The second-order valence-electron chi connectivity index (χ2n) is 6.66. The number of nitrogens with zero attached hydrogens (tertiary/aromatic N) is 2. The van der Waals surface area contributed by atoms with Gasteiger partial charge in [-0.25, -0.2) is 14.2 Å². The van der Waals surface area contributed by atoms with E-state index in [0.717, 1.165) is 0 Å². The third-order valence-electron chi connectivity index (χ3n) is 3.94. The highest BCUT2D eigenvalue weighted by Gasteiger charge is 2.39. The highest BCUT2D eigenvalue weighted by molar-refractivity contribution is 6.29. The molecule has 2 heterocycles. The number of pyridine rings is 1. The number of carbonyl (C=O) groups excluding carboxylic acids is 1. The number of halogens is 2. The number of hydrogen-bond donors (Lipinski definition) is 0. The zero-order valence-corrected chi connectivity index (χ0v) is 14.6. The molecule has 1 amide bonds. The maximum Gasteiger partial charge on any atom is 0.410 e. The summed E-state index contributed by atoms with van der Waals surface area (Å²) in [5, 5.41) is -0.161. The fourth-order valence-corrected chi connectivity index (χ4v) is 2.76. The van der Waals surface area contributed by atoms with Crippen LogP contribution in [0.3, 0.4) is 0 Å². The van der Waals surface area contributed by atoms with Crippen molar-refractivity contribution in [2.24, 2.45) is 0 Å². The van der Waals surface area contributed by atoms with Crippen molar-refractivity contribution >= 4 is 17.7 Å². The summed E-state index contributed by atoms with van der Waals surface area (Å²) in [7, 11) is 1.58. The Bertz CT molecular complexity index is 581. The van der Waals surface area contributed by atoms with E-state index < -0.39 is 17.0 Å². The molecule has 1 saturated heterocycles. The average Bonchev–Trinajstić information content (AvgIpc) is 2.48. The second-order valence-corrected chi connectivity index (χ2v) is 7.02. The topological polar surface area (TPSA) is 51.7 Å². The van der Waals surface area contributed by atoms with Crippen LogP contribution >= 0.6 is 11.6 Å². The van der Waals surface area contributed by atoms with E-state index in [1.807, 2.05) is 20.8 Å². The molecule has 23 heavy (non-hydrogen) atoms. The van der Waals surface area contributed by atoms with Crippen molar-refractivity contribution in [1.29, 1.82) is 0 Å². The molecule has 7 heteroatoms. The highest BCUT2D eigenvalue weighted by Crippen LogP contribution is 2.37. The van der Waals surface area contributed by atoms with Crippen LogP contribution in [-0.2, 0) is 15.1 Å². The first-order valence-corrected chi connectivity index (χ1v) is 7.89. The van der Waals surface area contributed by atoms with Crippen molar-refractivity contribution in [2.45, 2.75) is 44.8 Å². The van der Waals surface area contributed by atoms with Gasteiger partial charge in [0, 0.05) is 32.0 Å². The summed E-state index contributed by atoms with van der Waals surface area (Å²) in [6, 6.07) is 1.35. The Balaban J connectivity index is 2.10. The van der Waals surface area contributed by atoms with E-state index in [4.69, 9.17) is 21.1 Å². The van der Waals surface area contributed by atoms with E-state index in [0.29, 0.717) is 31.5 Å². The summed E-state index contributed by atoms with van der Waals surface area (Å²) >= 11 is 5.64. The summed E-state index contributed by atoms with van der Waals surface area (Å²) in [4.78, 5) is 17.6. The second kappa shape index (κ2) is 6.61. The van der Waals surface area contributed by atoms with Gasteiger partial charge in [-0.15, -0.1) is 0 Å². The van der Waals surface area contributed by atoms with Gasteiger partial charge in [-0.2, -0.15) is 0 Å². The molecule has 0 saturated carbocycles. The summed E-state index contributed by atoms with van der Waals surface area (Å²) in [5.74, 6) is -0.574. The lowest BCUT2D eigenvalue weighted by Gasteiger charge is -2.41. The third-order valence-corrected chi connectivity index (χ3v) is 4.21. The van der Waals surface area contributed by atoms with Crippen molar-refractivity contribution in [3.8, 4) is 0 Å². The summed E-state index contributed by atoms with van der Waals surface area (Å²) < 4.78 is 24.7. The lowest BCUT2D eigenvalue weighted by atomic mass is 9.85. The molecule has 1 aromatic rings. The molecule has 1 fully saturated rings. The fourth-order valence-electron chi connectivity index (χ4n) is 2.66. The molecule has 0 aliphatic carbocycles. The number of amides is 1.